The van der Waals surface area contributed by atoms with E-state index in [-0.39, 0.29) is 0 Å². The molecule has 0 N–H and O–H groups in total. The van der Waals surface area contributed by atoms with E-state index in [0.717, 1.165) is 38.4 Å². The van der Waals surface area contributed by atoms with E-state index in [2.05, 4.69) is 35.2 Å². The van der Waals surface area contributed by atoms with Gasteiger partial charge in [0.2, 0.25) is 0 Å². The van der Waals surface area contributed by atoms with E-state index in [9.17, 15) is 0 Å². The molecule has 0 spiro atoms. The Balaban J connectivity index is 1.40. The predicted octanol–water partition coefficient (Wildman–Crippen LogP) is 4.56. The first-order chi connectivity index (χ1) is 11.8. The molecule has 0 amide bonds. The summed E-state index contributed by atoms with van der Waals surface area (Å²) in [4.78, 5) is 5.41. The molecule has 1 atom stereocenters. The lowest BCUT2D eigenvalue weighted by Crippen LogP contribution is -2.29. The van der Waals surface area contributed by atoms with Gasteiger partial charge >= 0.3 is 0 Å². The molecule has 3 nitrogen and oxygen atoms in total. The summed E-state index contributed by atoms with van der Waals surface area (Å²) in [5.74, 6) is 0.970. The van der Waals surface area contributed by atoms with Crippen LogP contribution in [0.25, 0.3) is 0 Å². The van der Waals surface area contributed by atoms with Gasteiger partial charge in [-0.15, -0.1) is 11.3 Å². The summed E-state index contributed by atoms with van der Waals surface area (Å²) in [6.45, 7) is 4.12. The van der Waals surface area contributed by atoms with Crippen LogP contribution < -0.4 is 4.74 Å². The number of nitrogens with zero attached hydrogens (tertiary/aromatic N) is 1. The van der Waals surface area contributed by atoms with Crippen LogP contribution in [0.2, 0.25) is 0 Å². The van der Waals surface area contributed by atoms with Crippen molar-refractivity contribution in [2.24, 2.45) is 0 Å². The quantitative estimate of drug-likeness (QED) is 0.812. The number of benzene rings is 1. The van der Waals surface area contributed by atoms with Crippen molar-refractivity contribution in [2.75, 3.05) is 20.3 Å². The molecule has 4 rings (SSSR count). The van der Waals surface area contributed by atoms with E-state index in [0.29, 0.717) is 6.10 Å². The van der Waals surface area contributed by atoms with Crippen LogP contribution in [-0.2, 0) is 24.2 Å². The van der Waals surface area contributed by atoms with E-state index in [1.54, 1.807) is 7.11 Å². The third-order valence-corrected chi connectivity index (χ3v) is 6.23. The molecular formula is C20H25NO2S. The van der Waals surface area contributed by atoms with Crippen molar-refractivity contribution in [1.82, 2.24) is 4.90 Å². The molecule has 0 saturated carbocycles. The lowest BCUT2D eigenvalue weighted by atomic mass is 9.99. The van der Waals surface area contributed by atoms with Gasteiger partial charge in [-0.1, -0.05) is 6.07 Å². The Labute approximate surface area is 148 Å². The van der Waals surface area contributed by atoms with Crippen molar-refractivity contribution in [3.8, 4) is 5.75 Å². The minimum absolute atomic E-state index is 0.340. The minimum Gasteiger partial charge on any atom is -0.497 e. The molecule has 0 aliphatic carbocycles. The van der Waals surface area contributed by atoms with Gasteiger partial charge < -0.3 is 9.47 Å². The molecule has 1 fully saturated rings. The number of hydrogen-bond acceptors (Lipinski definition) is 4. The molecule has 2 aliphatic rings. The number of ether oxygens (including phenoxy) is 2. The first kappa shape index (κ1) is 16.1. The second-order valence-electron chi connectivity index (χ2n) is 6.75. The molecule has 2 aliphatic heterocycles. The van der Waals surface area contributed by atoms with Crippen LogP contribution >= 0.6 is 11.3 Å². The Hall–Kier alpha value is -1.36. The van der Waals surface area contributed by atoms with E-state index in [1.807, 2.05) is 11.3 Å². The maximum Gasteiger partial charge on any atom is 0.119 e. The zero-order valence-corrected chi connectivity index (χ0v) is 15.1. The monoisotopic (exact) mass is 343 g/mol. The molecule has 128 valence electrons. The first-order valence-electron chi connectivity index (χ1n) is 8.90. The molecule has 1 aromatic heterocycles. The number of rotatable bonds is 4. The molecule has 0 bridgehead atoms. The molecular weight excluding hydrogens is 318 g/mol. The number of fused-ring (bicyclic) bond motifs is 1. The third kappa shape index (κ3) is 3.51. The highest BCUT2D eigenvalue weighted by Gasteiger charge is 2.20. The van der Waals surface area contributed by atoms with Gasteiger partial charge in [0, 0.05) is 36.0 Å². The Morgan fingerprint density at radius 1 is 1.21 bits per heavy atom. The second kappa shape index (κ2) is 7.26. The van der Waals surface area contributed by atoms with Crippen molar-refractivity contribution in [3.63, 3.8) is 0 Å². The normalized spacial score (nSPS) is 21.5. The van der Waals surface area contributed by atoms with E-state index >= 15 is 0 Å². The Kier molecular flexibility index (Phi) is 4.88. The average Bonchev–Trinajstić information content (AvgIpc) is 3.10. The predicted molar refractivity (Wildman–Crippen MR) is 97.7 cm³/mol. The minimum atomic E-state index is 0.340. The molecule has 0 radical (unpaired) electrons. The highest BCUT2D eigenvalue weighted by molar-refractivity contribution is 7.12. The highest BCUT2D eigenvalue weighted by Crippen LogP contribution is 2.33. The largest absolute Gasteiger partial charge is 0.497 e. The van der Waals surface area contributed by atoms with Gasteiger partial charge in [0.05, 0.1) is 13.2 Å². The summed E-state index contributed by atoms with van der Waals surface area (Å²) >= 11 is 1.93. The number of methoxy groups -OCH3 is 1. The van der Waals surface area contributed by atoms with Crippen LogP contribution in [0.1, 0.15) is 46.2 Å². The number of hydrogen-bond donors (Lipinski definition) is 0. The van der Waals surface area contributed by atoms with E-state index in [1.165, 1.54) is 40.1 Å². The summed E-state index contributed by atoms with van der Waals surface area (Å²) < 4.78 is 11.3. The average molecular weight is 343 g/mol. The molecule has 3 heterocycles. The number of thiophene rings is 1. The Morgan fingerprint density at radius 3 is 3.00 bits per heavy atom. The standard InChI is InChI=1S/C20H25NO2S/c1-22-17-6-5-16-13-21(10-9-15(16)12-17)14-18-7-8-20(24-18)19-4-2-3-11-23-19/h5-8,12,19H,2-4,9-11,13-14H2,1H3/t19-/m0/s1. The van der Waals surface area contributed by atoms with Crippen molar-refractivity contribution < 1.29 is 9.47 Å². The van der Waals surface area contributed by atoms with E-state index < -0.39 is 0 Å². The molecule has 24 heavy (non-hydrogen) atoms. The lowest BCUT2D eigenvalue weighted by Gasteiger charge is -2.28. The molecule has 1 aromatic carbocycles. The summed E-state index contributed by atoms with van der Waals surface area (Å²) in [6.07, 6.45) is 5.14. The third-order valence-electron chi connectivity index (χ3n) is 5.06. The maximum atomic E-state index is 5.92. The van der Waals surface area contributed by atoms with E-state index in [4.69, 9.17) is 9.47 Å². The van der Waals surface area contributed by atoms with Gasteiger partial charge in [-0.2, -0.15) is 0 Å². The van der Waals surface area contributed by atoms with Crippen LogP contribution in [0.4, 0.5) is 0 Å². The van der Waals surface area contributed by atoms with Gasteiger partial charge in [0.15, 0.2) is 0 Å². The smallest absolute Gasteiger partial charge is 0.119 e. The fourth-order valence-corrected chi connectivity index (χ4v) is 4.83. The van der Waals surface area contributed by atoms with Gasteiger partial charge in [-0.05, 0) is 61.1 Å². The summed E-state index contributed by atoms with van der Waals surface area (Å²) in [5.41, 5.74) is 2.88. The molecule has 2 aromatic rings. The van der Waals surface area contributed by atoms with Gasteiger partial charge in [-0.3, -0.25) is 4.90 Å². The van der Waals surface area contributed by atoms with Crippen LogP contribution in [0.3, 0.4) is 0 Å². The highest BCUT2D eigenvalue weighted by atomic mass is 32.1. The second-order valence-corrected chi connectivity index (χ2v) is 7.95. The zero-order valence-electron chi connectivity index (χ0n) is 14.3. The van der Waals surface area contributed by atoms with Gasteiger partial charge in [0.1, 0.15) is 5.75 Å². The molecule has 4 heteroatoms. The SMILES string of the molecule is COc1ccc2c(c1)CCN(Cc1ccc([C@@H]3CCCCO3)s1)C2. The van der Waals surface area contributed by atoms with Gasteiger partial charge in [0.25, 0.3) is 0 Å². The van der Waals surface area contributed by atoms with Crippen molar-refractivity contribution in [2.45, 2.75) is 44.9 Å². The fraction of sp³-hybridized carbons (Fsp3) is 0.500. The Morgan fingerprint density at radius 2 is 2.17 bits per heavy atom. The summed E-state index contributed by atoms with van der Waals surface area (Å²) in [7, 11) is 1.74. The molecule has 1 saturated heterocycles. The van der Waals surface area contributed by atoms with Crippen LogP contribution in [0.5, 0.6) is 5.75 Å². The van der Waals surface area contributed by atoms with Crippen LogP contribution in [0.15, 0.2) is 30.3 Å². The summed E-state index contributed by atoms with van der Waals surface area (Å²) in [5, 5.41) is 0. The molecule has 0 unspecified atom stereocenters. The maximum absolute atomic E-state index is 5.92. The van der Waals surface area contributed by atoms with Gasteiger partial charge in [-0.25, -0.2) is 0 Å². The van der Waals surface area contributed by atoms with Crippen LogP contribution in [-0.4, -0.2) is 25.2 Å². The summed E-state index contributed by atoms with van der Waals surface area (Å²) in [6, 6.07) is 11.1. The Bertz CT molecular complexity index is 691. The first-order valence-corrected chi connectivity index (χ1v) is 9.72. The van der Waals surface area contributed by atoms with Crippen molar-refractivity contribution in [1.29, 1.82) is 0 Å². The van der Waals surface area contributed by atoms with Crippen molar-refractivity contribution >= 4 is 11.3 Å². The lowest BCUT2D eigenvalue weighted by molar-refractivity contribution is 0.0172. The topological polar surface area (TPSA) is 21.7 Å². The fourth-order valence-electron chi connectivity index (χ4n) is 3.69. The van der Waals surface area contributed by atoms with Crippen LogP contribution in [0, 0.1) is 0 Å². The van der Waals surface area contributed by atoms with Crippen molar-refractivity contribution in [3.05, 3.63) is 51.2 Å². The zero-order chi connectivity index (χ0) is 16.4.